The summed E-state index contributed by atoms with van der Waals surface area (Å²) in [6.45, 7) is 2.18. The summed E-state index contributed by atoms with van der Waals surface area (Å²) in [6.07, 6.45) is -3.94. The van der Waals surface area contributed by atoms with Gasteiger partial charge < -0.3 is 19.3 Å². The van der Waals surface area contributed by atoms with E-state index in [0.29, 0.717) is 37.2 Å². The zero-order valence-electron chi connectivity index (χ0n) is 20.0. The fourth-order valence-corrected chi connectivity index (χ4v) is 4.27. The minimum absolute atomic E-state index is 0.00704. The number of halogens is 3. The minimum atomic E-state index is -4.88. The van der Waals surface area contributed by atoms with Gasteiger partial charge in [0.05, 0.1) is 12.2 Å². The Kier molecular flexibility index (Phi) is 7.71. The Hall–Kier alpha value is -4.01. The minimum Gasteiger partial charge on any atom is -0.493 e. The number of aliphatic carboxylic acids is 1. The van der Waals surface area contributed by atoms with Gasteiger partial charge in [-0.15, -0.1) is 13.2 Å². The monoisotopic (exact) mass is 514 g/mol. The fourth-order valence-electron chi connectivity index (χ4n) is 4.27. The average molecular weight is 514 g/mol. The third-order valence-corrected chi connectivity index (χ3v) is 6.06. The van der Waals surface area contributed by atoms with Crippen molar-refractivity contribution in [3.63, 3.8) is 0 Å². The van der Waals surface area contributed by atoms with Crippen molar-refractivity contribution in [3.05, 3.63) is 88.5 Å². The molecule has 37 heavy (non-hydrogen) atoms. The van der Waals surface area contributed by atoms with Crippen LogP contribution in [0.3, 0.4) is 0 Å². The van der Waals surface area contributed by atoms with Crippen molar-refractivity contribution in [2.75, 3.05) is 6.61 Å². The number of carbonyl (C=O) groups is 2. The molecular formula is C28H25F3O6. The van der Waals surface area contributed by atoms with Crippen molar-refractivity contribution in [3.8, 4) is 17.2 Å². The lowest BCUT2D eigenvalue weighted by molar-refractivity contribution is -0.274. The number of hydrogen-bond donors (Lipinski definition) is 1. The molecular weight excluding hydrogens is 489 g/mol. The van der Waals surface area contributed by atoms with E-state index in [9.17, 15) is 22.8 Å². The van der Waals surface area contributed by atoms with Gasteiger partial charge in [0.25, 0.3) is 0 Å². The third kappa shape index (κ3) is 6.81. The van der Waals surface area contributed by atoms with Crippen LogP contribution in [0, 0.1) is 6.92 Å². The highest BCUT2D eigenvalue weighted by Crippen LogP contribution is 2.34. The number of aryl methyl sites for hydroxylation is 2. The molecule has 0 aromatic heterocycles. The molecule has 0 radical (unpaired) electrons. The van der Waals surface area contributed by atoms with Crippen molar-refractivity contribution in [2.45, 2.75) is 45.1 Å². The van der Waals surface area contributed by atoms with E-state index < -0.39 is 30.0 Å². The van der Waals surface area contributed by atoms with E-state index >= 15 is 0 Å². The molecule has 1 aliphatic heterocycles. The van der Waals surface area contributed by atoms with Crippen molar-refractivity contribution in [1.82, 2.24) is 0 Å². The summed E-state index contributed by atoms with van der Waals surface area (Å²) < 4.78 is 54.2. The van der Waals surface area contributed by atoms with Gasteiger partial charge in [-0.05, 0) is 60.4 Å². The van der Waals surface area contributed by atoms with Crippen molar-refractivity contribution in [1.29, 1.82) is 0 Å². The molecule has 1 heterocycles. The van der Waals surface area contributed by atoms with E-state index in [4.69, 9.17) is 14.6 Å². The van der Waals surface area contributed by atoms with Crippen LogP contribution in [0.5, 0.6) is 17.2 Å². The molecule has 1 N–H and O–H groups in total. The Labute approximate surface area is 211 Å². The van der Waals surface area contributed by atoms with Gasteiger partial charge in [0.15, 0.2) is 5.78 Å². The van der Waals surface area contributed by atoms with Crippen LogP contribution in [0.1, 0.15) is 45.5 Å². The van der Waals surface area contributed by atoms with E-state index in [1.54, 1.807) is 30.3 Å². The largest absolute Gasteiger partial charge is 0.573 e. The molecule has 1 unspecified atom stereocenters. The summed E-state index contributed by atoms with van der Waals surface area (Å²) in [5.74, 6) is -0.979. The molecule has 3 aromatic carbocycles. The molecule has 0 spiro atoms. The molecule has 0 aliphatic carbocycles. The number of benzene rings is 3. The van der Waals surface area contributed by atoms with Gasteiger partial charge in [0.2, 0.25) is 0 Å². The highest BCUT2D eigenvalue weighted by molar-refractivity contribution is 6.12. The number of carboxylic acids is 1. The average Bonchev–Trinajstić information content (AvgIpc) is 2.82. The van der Waals surface area contributed by atoms with Gasteiger partial charge in [-0.3, -0.25) is 9.59 Å². The van der Waals surface area contributed by atoms with Crippen LogP contribution in [-0.2, 0) is 17.6 Å². The van der Waals surface area contributed by atoms with Crippen molar-refractivity contribution < 1.29 is 42.1 Å². The normalized spacial score (nSPS) is 15.0. The number of hydrogen-bond acceptors (Lipinski definition) is 5. The molecule has 9 heteroatoms. The number of carbonyl (C=O) groups excluding carboxylic acids is 1. The molecule has 0 saturated heterocycles. The quantitative estimate of drug-likeness (QED) is 0.402. The lowest BCUT2D eigenvalue weighted by Gasteiger charge is -2.25. The number of alkyl halides is 3. The fraction of sp³-hybridized carbons (Fsp3) is 0.286. The van der Waals surface area contributed by atoms with Crippen LogP contribution >= 0.6 is 0 Å². The van der Waals surface area contributed by atoms with Crippen LogP contribution in [0.2, 0.25) is 0 Å². The summed E-state index contributed by atoms with van der Waals surface area (Å²) in [5, 5.41) is 8.89. The Morgan fingerprint density at radius 1 is 1.05 bits per heavy atom. The summed E-state index contributed by atoms with van der Waals surface area (Å²) in [4.78, 5) is 24.0. The van der Waals surface area contributed by atoms with Gasteiger partial charge in [-0.1, -0.05) is 30.3 Å². The van der Waals surface area contributed by atoms with Gasteiger partial charge in [-0.2, -0.15) is 0 Å². The molecule has 1 atom stereocenters. The first kappa shape index (κ1) is 26.1. The van der Waals surface area contributed by atoms with Crippen LogP contribution in [0.4, 0.5) is 13.2 Å². The van der Waals surface area contributed by atoms with Crippen LogP contribution in [0.25, 0.3) is 0 Å². The summed E-state index contributed by atoms with van der Waals surface area (Å²) in [6, 6.07) is 15.9. The Bertz CT molecular complexity index is 1300. The SMILES string of the molecule is Cc1cc(OCCC2Cc3ccccc3C(=O)c3cc(OC(F)(F)F)ccc3O2)ccc1CCC(=O)O. The first-order chi connectivity index (χ1) is 17.6. The molecule has 0 fully saturated rings. The topological polar surface area (TPSA) is 82.1 Å². The molecule has 0 bridgehead atoms. The first-order valence-corrected chi connectivity index (χ1v) is 11.7. The van der Waals surface area contributed by atoms with E-state index in [-0.39, 0.29) is 17.7 Å². The van der Waals surface area contributed by atoms with Gasteiger partial charge in [0, 0.05) is 24.8 Å². The number of ketones is 1. The molecule has 0 amide bonds. The molecule has 6 nitrogen and oxygen atoms in total. The van der Waals surface area contributed by atoms with Crippen LogP contribution in [-0.4, -0.2) is 35.9 Å². The maximum Gasteiger partial charge on any atom is 0.573 e. The predicted molar refractivity (Wildman–Crippen MR) is 128 cm³/mol. The van der Waals surface area contributed by atoms with Crippen LogP contribution < -0.4 is 14.2 Å². The third-order valence-electron chi connectivity index (χ3n) is 6.06. The Morgan fingerprint density at radius 3 is 2.54 bits per heavy atom. The maximum absolute atomic E-state index is 13.2. The van der Waals surface area contributed by atoms with E-state index in [1.807, 2.05) is 19.1 Å². The second-order valence-corrected chi connectivity index (χ2v) is 8.76. The van der Waals surface area contributed by atoms with E-state index in [2.05, 4.69) is 4.74 Å². The summed E-state index contributed by atoms with van der Waals surface area (Å²) in [5.41, 5.74) is 2.98. The highest BCUT2D eigenvalue weighted by atomic mass is 19.4. The van der Waals surface area contributed by atoms with Gasteiger partial charge >= 0.3 is 12.3 Å². The lowest BCUT2D eigenvalue weighted by Crippen LogP contribution is -2.27. The maximum atomic E-state index is 13.2. The predicted octanol–water partition coefficient (Wildman–Crippen LogP) is 5.91. The molecule has 3 aromatic rings. The summed E-state index contributed by atoms with van der Waals surface area (Å²) in [7, 11) is 0. The standard InChI is InChI=1S/C28H25F3O6/c1-17-14-20(8-6-18(17)7-11-26(32)33)35-13-12-21-15-19-4-2-3-5-23(19)27(34)24-16-22(37-28(29,30)31)9-10-25(24)36-21/h2-6,8-10,14,16,21H,7,11-13,15H2,1H3,(H,32,33). The van der Waals surface area contributed by atoms with E-state index in [1.165, 1.54) is 6.07 Å². The molecule has 194 valence electrons. The van der Waals surface area contributed by atoms with Crippen LogP contribution in [0.15, 0.2) is 60.7 Å². The van der Waals surface area contributed by atoms with Gasteiger partial charge in [0.1, 0.15) is 23.4 Å². The first-order valence-electron chi connectivity index (χ1n) is 11.7. The lowest BCUT2D eigenvalue weighted by atomic mass is 9.92. The smallest absolute Gasteiger partial charge is 0.493 e. The second kappa shape index (κ2) is 10.9. The zero-order chi connectivity index (χ0) is 26.6. The number of fused-ring (bicyclic) bond motifs is 2. The number of rotatable bonds is 8. The van der Waals surface area contributed by atoms with E-state index in [0.717, 1.165) is 28.8 Å². The Balaban J connectivity index is 1.50. The molecule has 0 saturated carbocycles. The van der Waals surface area contributed by atoms with Crippen molar-refractivity contribution >= 4 is 11.8 Å². The van der Waals surface area contributed by atoms with Crippen molar-refractivity contribution in [2.24, 2.45) is 0 Å². The molecule has 1 aliphatic rings. The van der Waals surface area contributed by atoms with Gasteiger partial charge in [-0.25, -0.2) is 0 Å². The number of ether oxygens (including phenoxy) is 3. The Morgan fingerprint density at radius 2 is 1.81 bits per heavy atom. The number of carboxylic acid groups (broad SMARTS) is 1. The zero-order valence-corrected chi connectivity index (χ0v) is 20.0. The summed E-state index contributed by atoms with van der Waals surface area (Å²) >= 11 is 0. The molecule has 4 rings (SSSR count). The highest BCUT2D eigenvalue weighted by Gasteiger charge is 2.32. The second-order valence-electron chi connectivity index (χ2n) is 8.76.